The fourth-order valence-corrected chi connectivity index (χ4v) is 1.68. The lowest BCUT2D eigenvalue weighted by molar-refractivity contribution is -0.384. The first-order valence-corrected chi connectivity index (χ1v) is 5.98. The number of nitriles is 1. The number of nitrogen functional groups attached to an aromatic ring is 1. The second-order valence-electron chi connectivity index (χ2n) is 4.16. The Morgan fingerprint density at radius 1 is 1.29 bits per heavy atom. The van der Waals surface area contributed by atoms with E-state index in [1.165, 1.54) is 12.1 Å². The lowest BCUT2D eigenvalue weighted by Crippen LogP contribution is -2.10. The molecule has 4 N–H and O–H groups in total. The Morgan fingerprint density at radius 2 is 1.95 bits per heavy atom. The first-order valence-electron chi connectivity index (χ1n) is 5.98. The normalized spacial score (nSPS) is 9.71. The number of hydrogen-bond donors (Lipinski definition) is 3. The fraction of sp³-hybridized carbons (Fsp3) is 0.0769. The van der Waals surface area contributed by atoms with Gasteiger partial charge in [-0.05, 0) is 17.7 Å². The Labute approximate surface area is 120 Å². The Bertz CT molecular complexity index is 693. The Hall–Kier alpha value is -3.18. The molecule has 0 spiro atoms. The summed E-state index contributed by atoms with van der Waals surface area (Å²) in [5.41, 5.74) is 3.67. The van der Waals surface area contributed by atoms with Crippen molar-refractivity contribution in [2.45, 2.75) is 6.54 Å². The van der Waals surface area contributed by atoms with E-state index in [-0.39, 0.29) is 11.5 Å². The highest BCUT2D eigenvalue weighted by Crippen LogP contribution is 2.20. The minimum Gasteiger partial charge on any atom is -0.366 e. The molecule has 0 saturated carbocycles. The predicted molar refractivity (Wildman–Crippen MR) is 77.2 cm³/mol. The summed E-state index contributed by atoms with van der Waals surface area (Å²) in [6.45, 7) is 0.421. The average Bonchev–Trinajstić information content (AvgIpc) is 2.53. The molecule has 0 atom stereocenters. The number of pyridine rings is 1. The van der Waals surface area contributed by atoms with Crippen LogP contribution < -0.4 is 16.6 Å². The van der Waals surface area contributed by atoms with Crippen LogP contribution in [0.2, 0.25) is 0 Å². The number of nitrogens with two attached hydrogens (primary N) is 1. The summed E-state index contributed by atoms with van der Waals surface area (Å²) in [5.74, 6) is 5.77. The quantitative estimate of drug-likeness (QED) is 0.433. The van der Waals surface area contributed by atoms with Crippen LogP contribution in [0.5, 0.6) is 0 Å². The molecule has 0 aliphatic heterocycles. The zero-order valence-corrected chi connectivity index (χ0v) is 10.9. The van der Waals surface area contributed by atoms with Crippen molar-refractivity contribution in [3.05, 3.63) is 57.6 Å². The number of nitro groups is 1. The van der Waals surface area contributed by atoms with Gasteiger partial charge in [-0.15, -0.1) is 0 Å². The lowest BCUT2D eigenvalue weighted by atomic mass is 10.1. The van der Waals surface area contributed by atoms with E-state index in [0.717, 1.165) is 5.56 Å². The molecule has 1 aromatic carbocycles. The van der Waals surface area contributed by atoms with Gasteiger partial charge in [0.25, 0.3) is 5.69 Å². The highest BCUT2D eigenvalue weighted by Gasteiger charge is 2.10. The predicted octanol–water partition coefficient (Wildman–Crippen LogP) is 1.76. The second-order valence-corrected chi connectivity index (χ2v) is 4.16. The van der Waals surface area contributed by atoms with Gasteiger partial charge in [0.1, 0.15) is 11.6 Å². The molecule has 0 radical (unpaired) electrons. The molecule has 1 heterocycles. The topological polar surface area (TPSA) is 130 Å². The third-order valence-corrected chi connectivity index (χ3v) is 2.73. The molecule has 0 aliphatic carbocycles. The minimum absolute atomic E-state index is 0.111. The first kappa shape index (κ1) is 14.2. The maximum absolute atomic E-state index is 10.8. The van der Waals surface area contributed by atoms with E-state index < -0.39 is 4.92 Å². The maximum Gasteiger partial charge on any atom is 0.276 e. The van der Waals surface area contributed by atoms with Crippen molar-refractivity contribution < 1.29 is 4.92 Å². The van der Waals surface area contributed by atoms with Gasteiger partial charge in [0.2, 0.25) is 0 Å². The molecule has 2 aromatic rings. The maximum atomic E-state index is 10.8. The number of hydrazine groups is 1. The van der Waals surface area contributed by atoms with Crippen LogP contribution in [0.4, 0.5) is 17.3 Å². The molecule has 0 amide bonds. The van der Waals surface area contributed by atoms with E-state index in [1.54, 1.807) is 24.3 Å². The van der Waals surface area contributed by atoms with Crippen molar-refractivity contribution >= 4 is 17.3 Å². The number of aromatic nitrogens is 1. The van der Waals surface area contributed by atoms with Gasteiger partial charge in [-0.2, -0.15) is 5.26 Å². The van der Waals surface area contributed by atoms with E-state index in [4.69, 9.17) is 11.1 Å². The van der Waals surface area contributed by atoms with E-state index in [9.17, 15) is 10.1 Å². The number of nitrogens with zero attached hydrogens (tertiary/aromatic N) is 3. The molecular formula is C13H12N6O2. The molecule has 106 valence electrons. The fourth-order valence-electron chi connectivity index (χ4n) is 1.68. The van der Waals surface area contributed by atoms with Crippen LogP contribution in [0.1, 0.15) is 11.1 Å². The van der Waals surface area contributed by atoms with Gasteiger partial charge in [0.15, 0.2) is 0 Å². The highest BCUT2D eigenvalue weighted by atomic mass is 16.6. The zero-order valence-electron chi connectivity index (χ0n) is 10.9. The second kappa shape index (κ2) is 6.31. The summed E-state index contributed by atoms with van der Waals surface area (Å²) < 4.78 is 0. The van der Waals surface area contributed by atoms with Crippen LogP contribution in [-0.4, -0.2) is 9.91 Å². The van der Waals surface area contributed by atoms with Gasteiger partial charge in [0, 0.05) is 6.54 Å². The molecule has 0 saturated heterocycles. The SMILES string of the molecule is N#Cc1ccc(CNc2cc([N+](=O)[O-])cc(NN)n2)cc1. The van der Waals surface area contributed by atoms with Crippen molar-refractivity contribution in [1.82, 2.24) is 4.98 Å². The van der Waals surface area contributed by atoms with Crippen LogP contribution in [0.25, 0.3) is 0 Å². The van der Waals surface area contributed by atoms with E-state index in [0.29, 0.717) is 17.9 Å². The molecule has 0 bridgehead atoms. The van der Waals surface area contributed by atoms with Crippen LogP contribution in [0.15, 0.2) is 36.4 Å². The van der Waals surface area contributed by atoms with Gasteiger partial charge in [-0.3, -0.25) is 10.1 Å². The number of rotatable bonds is 5. The summed E-state index contributed by atoms with van der Waals surface area (Å²) in [4.78, 5) is 14.4. The van der Waals surface area contributed by atoms with Gasteiger partial charge in [0.05, 0.1) is 28.7 Å². The third kappa shape index (κ3) is 3.65. The molecule has 0 fully saturated rings. The van der Waals surface area contributed by atoms with E-state index in [1.807, 2.05) is 6.07 Å². The van der Waals surface area contributed by atoms with E-state index in [2.05, 4.69) is 15.7 Å². The van der Waals surface area contributed by atoms with Crippen molar-refractivity contribution in [3.8, 4) is 6.07 Å². The average molecular weight is 284 g/mol. The molecule has 8 heteroatoms. The van der Waals surface area contributed by atoms with Gasteiger partial charge in [-0.1, -0.05) is 12.1 Å². The van der Waals surface area contributed by atoms with Crippen molar-refractivity contribution in [1.29, 1.82) is 5.26 Å². The molecule has 1 aromatic heterocycles. The summed E-state index contributed by atoms with van der Waals surface area (Å²) in [5, 5.41) is 22.5. The molecule has 2 rings (SSSR count). The summed E-state index contributed by atoms with van der Waals surface area (Å²) >= 11 is 0. The van der Waals surface area contributed by atoms with Crippen LogP contribution in [0, 0.1) is 21.4 Å². The molecule has 8 nitrogen and oxygen atoms in total. The Kier molecular flexibility index (Phi) is 4.28. The molecule has 0 unspecified atom stereocenters. The summed E-state index contributed by atoms with van der Waals surface area (Å²) in [6.07, 6.45) is 0. The largest absolute Gasteiger partial charge is 0.366 e. The smallest absolute Gasteiger partial charge is 0.276 e. The van der Waals surface area contributed by atoms with Crippen LogP contribution in [-0.2, 0) is 6.54 Å². The van der Waals surface area contributed by atoms with Gasteiger partial charge in [-0.25, -0.2) is 10.8 Å². The highest BCUT2D eigenvalue weighted by molar-refractivity contribution is 5.54. The van der Waals surface area contributed by atoms with Crippen LogP contribution in [0.3, 0.4) is 0 Å². The minimum atomic E-state index is -0.518. The first-order chi connectivity index (χ1) is 10.1. The van der Waals surface area contributed by atoms with Gasteiger partial charge >= 0.3 is 0 Å². The standard InChI is InChI=1S/C13H12N6O2/c14-7-9-1-3-10(4-2-9)8-16-12-5-11(19(20)21)6-13(17-12)18-15/h1-6H,8,15H2,(H2,16,17,18). The van der Waals surface area contributed by atoms with Gasteiger partial charge < -0.3 is 10.7 Å². The van der Waals surface area contributed by atoms with E-state index >= 15 is 0 Å². The summed E-state index contributed by atoms with van der Waals surface area (Å²) in [6, 6.07) is 11.6. The van der Waals surface area contributed by atoms with Crippen molar-refractivity contribution in [2.75, 3.05) is 10.7 Å². The molecule has 0 aliphatic rings. The van der Waals surface area contributed by atoms with Crippen molar-refractivity contribution in [2.24, 2.45) is 5.84 Å². The van der Waals surface area contributed by atoms with Crippen molar-refractivity contribution in [3.63, 3.8) is 0 Å². The monoisotopic (exact) mass is 284 g/mol. The Morgan fingerprint density at radius 3 is 2.52 bits per heavy atom. The molecule has 21 heavy (non-hydrogen) atoms. The number of benzene rings is 1. The number of anilines is 2. The lowest BCUT2D eigenvalue weighted by Gasteiger charge is -2.07. The third-order valence-electron chi connectivity index (χ3n) is 2.73. The number of hydrogen-bond acceptors (Lipinski definition) is 7. The summed E-state index contributed by atoms with van der Waals surface area (Å²) in [7, 11) is 0. The zero-order chi connectivity index (χ0) is 15.2. The molecular weight excluding hydrogens is 272 g/mol. The van der Waals surface area contributed by atoms with Crippen LogP contribution >= 0.6 is 0 Å². The Balaban J connectivity index is 2.13. The number of nitrogens with one attached hydrogen (secondary N) is 2.